The Kier molecular flexibility index (Phi) is 5.88. The highest BCUT2D eigenvalue weighted by atomic mass is 16.3. The van der Waals surface area contributed by atoms with Crippen molar-refractivity contribution in [3.63, 3.8) is 0 Å². The van der Waals surface area contributed by atoms with Crippen LogP contribution in [0.15, 0.2) is 0 Å². The number of hydrogen-bond acceptors (Lipinski definition) is 3. The fourth-order valence-electron chi connectivity index (χ4n) is 2.14. The van der Waals surface area contributed by atoms with Crippen molar-refractivity contribution in [1.29, 1.82) is 0 Å². The van der Waals surface area contributed by atoms with Gasteiger partial charge in [0, 0.05) is 39.3 Å². The van der Waals surface area contributed by atoms with Crippen molar-refractivity contribution in [2.24, 2.45) is 0 Å². The molecule has 1 heterocycles. The molecule has 0 aromatic rings. The van der Waals surface area contributed by atoms with Crippen LogP contribution in [-0.4, -0.2) is 65.8 Å². The van der Waals surface area contributed by atoms with Crippen LogP contribution in [0, 0.1) is 0 Å². The van der Waals surface area contributed by atoms with Crippen LogP contribution in [-0.2, 0) is 0 Å². The van der Waals surface area contributed by atoms with Crippen LogP contribution in [0.25, 0.3) is 0 Å². The van der Waals surface area contributed by atoms with Crippen molar-refractivity contribution in [3.05, 3.63) is 0 Å². The summed E-state index contributed by atoms with van der Waals surface area (Å²) in [5.41, 5.74) is -0.661. The number of rotatable bonds is 5. The van der Waals surface area contributed by atoms with E-state index in [1.165, 1.54) is 0 Å². The van der Waals surface area contributed by atoms with Crippen LogP contribution in [0.2, 0.25) is 0 Å². The van der Waals surface area contributed by atoms with Crippen molar-refractivity contribution >= 4 is 6.03 Å². The third kappa shape index (κ3) is 5.69. The summed E-state index contributed by atoms with van der Waals surface area (Å²) in [6, 6.07) is 0.0476. The average Bonchev–Trinajstić information content (AvgIpc) is 2.28. The third-order valence-corrected chi connectivity index (χ3v) is 3.08. The first-order valence-electron chi connectivity index (χ1n) is 6.90. The molecule has 1 aliphatic rings. The summed E-state index contributed by atoms with van der Waals surface area (Å²) < 4.78 is 0. The van der Waals surface area contributed by atoms with E-state index in [1.807, 2.05) is 18.7 Å². The standard InChI is InChI=1S/C13H27N3O2/c1-4-5-6-14-12(17)16-9-7-15(8-10-16)11-13(2,3)18/h18H,4-11H2,1-3H3,(H,14,17). The molecule has 1 aliphatic heterocycles. The van der Waals surface area contributed by atoms with E-state index in [4.69, 9.17) is 0 Å². The van der Waals surface area contributed by atoms with E-state index in [0.717, 1.165) is 45.6 Å². The molecule has 0 spiro atoms. The minimum Gasteiger partial charge on any atom is -0.389 e. The van der Waals surface area contributed by atoms with Crippen LogP contribution in [0.4, 0.5) is 4.79 Å². The Morgan fingerprint density at radius 2 is 1.89 bits per heavy atom. The molecule has 5 heteroatoms. The molecule has 18 heavy (non-hydrogen) atoms. The molecule has 2 N–H and O–H groups in total. The highest BCUT2D eigenvalue weighted by Crippen LogP contribution is 2.08. The molecule has 0 aliphatic carbocycles. The van der Waals surface area contributed by atoms with Gasteiger partial charge in [0.15, 0.2) is 0 Å². The van der Waals surface area contributed by atoms with Gasteiger partial charge in [-0.05, 0) is 20.3 Å². The molecular formula is C13H27N3O2. The summed E-state index contributed by atoms with van der Waals surface area (Å²) in [6.07, 6.45) is 2.13. The van der Waals surface area contributed by atoms with Crippen molar-refractivity contribution in [2.75, 3.05) is 39.3 Å². The number of hydrogen-bond donors (Lipinski definition) is 2. The van der Waals surface area contributed by atoms with Crippen LogP contribution >= 0.6 is 0 Å². The number of aliphatic hydroxyl groups is 1. The van der Waals surface area contributed by atoms with Gasteiger partial charge in [-0.2, -0.15) is 0 Å². The molecule has 1 fully saturated rings. The summed E-state index contributed by atoms with van der Waals surface area (Å²) in [4.78, 5) is 15.9. The van der Waals surface area contributed by atoms with Gasteiger partial charge in [-0.25, -0.2) is 4.79 Å². The number of carbonyl (C=O) groups excluding carboxylic acids is 1. The zero-order valence-corrected chi connectivity index (χ0v) is 11.9. The Balaban J connectivity index is 2.24. The molecule has 5 nitrogen and oxygen atoms in total. The largest absolute Gasteiger partial charge is 0.389 e. The fourth-order valence-corrected chi connectivity index (χ4v) is 2.14. The number of nitrogens with one attached hydrogen (secondary N) is 1. The van der Waals surface area contributed by atoms with Crippen LogP contribution < -0.4 is 5.32 Å². The van der Waals surface area contributed by atoms with E-state index >= 15 is 0 Å². The lowest BCUT2D eigenvalue weighted by Gasteiger charge is -2.37. The average molecular weight is 257 g/mol. The Morgan fingerprint density at radius 1 is 1.28 bits per heavy atom. The van der Waals surface area contributed by atoms with Gasteiger partial charge in [0.05, 0.1) is 5.60 Å². The maximum Gasteiger partial charge on any atom is 0.317 e. The lowest BCUT2D eigenvalue weighted by atomic mass is 10.1. The fraction of sp³-hybridized carbons (Fsp3) is 0.923. The molecule has 1 saturated heterocycles. The van der Waals surface area contributed by atoms with Crippen molar-refractivity contribution in [3.8, 4) is 0 Å². The first-order valence-corrected chi connectivity index (χ1v) is 6.90. The van der Waals surface area contributed by atoms with E-state index in [1.54, 1.807) is 0 Å². The SMILES string of the molecule is CCCCNC(=O)N1CCN(CC(C)(C)O)CC1. The summed E-state index contributed by atoms with van der Waals surface area (Å²) >= 11 is 0. The topological polar surface area (TPSA) is 55.8 Å². The van der Waals surface area contributed by atoms with Gasteiger partial charge in [-0.1, -0.05) is 13.3 Å². The van der Waals surface area contributed by atoms with E-state index in [2.05, 4.69) is 17.1 Å². The maximum atomic E-state index is 11.8. The lowest BCUT2D eigenvalue weighted by molar-refractivity contribution is 0.0225. The molecule has 0 bridgehead atoms. The number of β-amino-alcohol motifs (C(OH)–C–C–N with tert-alkyl or cyclic N) is 1. The predicted molar refractivity (Wildman–Crippen MR) is 72.6 cm³/mol. The lowest BCUT2D eigenvalue weighted by Crippen LogP contribution is -2.54. The van der Waals surface area contributed by atoms with Gasteiger partial charge in [0.1, 0.15) is 0 Å². The Labute approximate surface area is 110 Å². The number of nitrogens with zero attached hydrogens (tertiary/aromatic N) is 2. The molecule has 0 atom stereocenters. The molecule has 0 saturated carbocycles. The number of piperazine rings is 1. The van der Waals surface area contributed by atoms with Crippen LogP contribution in [0.3, 0.4) is 0 Å². The minimum atomic E-state index is -0.661. The zero-order chi connectivity index (χ0) is 13.6. The number of amides is 2. The minimum absolute atomic E-state index is 0.0476. The molecule has 0 unspecified atom stereocenters. The summed E-state index contributed by atoms with van der Waals surface area (Å²) in [5.74, 6) is 0. The molecule has 0 aromatic heterocycles. The van der Waals surface area contributed by atoms with Crippen molar-refractivity contribution in [2.45, 2.75) is 39.2 Å². The summed E-state index contributed by atoms with van der Waals surface area (Å²) in [7, 11) is 0. The van der Waals surface area contributed by atoms with E-state index < -0.39 is 5.60 Å². The Hall–Kier alpha value is -0.810. The maximum absolute atomic E-state index is 11.8. The molecule has 106 valence electrons. The smallest absolute Gasteiger partial charge is 0.317 e. The van der Waals surface area contributed by atoms with E-state index in [-0.39, 0.29) is 6.03 Å². The van der Waals surface area contributed by atoms with Gasteiger partial charge >= 0.3 is 6.03 Å². The van der Waals surface area contributed by atoms with Crippen LogP contribution in [0.5, 0.6) is 0 Å². The highest BCUT2D eigenvalue weighted by molar-refractivity contribution is 5.74. The quantitative estimate of drug-likeness (QED) is 0.719. The van der Waals surface area contributed by atoms with Crippen molar-refractivity contribution in [1.82, 2.24) is 15.1 Å². The molecule has 1 rings (SSSR count). The first kappa shape index (κ1) is 15.2. The first-order chi connectivity index (χ1) is 8.42. The Morgan fingerprint density at radius 3 is 2.39 bits per heavy atom. The van der Waals surface area contributed by atoms with E-state index in [9.17, 15) is 9.90 Å². The molecule has 0 radical (unpaired) electrons. The van der Waals surface area contributed by atoms with Crippen LogP contribution in [0.1, 0.15) is 33.6 Å². The Bertz CT molecular complexity index is 255. The normalized spacial score (nSPS) is 17.9. The molecule has 0 aromatic carbocycles. The second-order valence-corrected chi connectivity index (χ2v) is 5.66. The summed E-state index contributed by atoms with van der Waals surface area (Å²) in [6.45, 7) is 10.3. The second kappa shape index (κ2) is 6.95. The number of urea groups is 1. The van der Waals surface area contributed by atoms with Gasteiger partial charge in [0.25, 0.3) is 0 Å². The summed E-state index contributed by atoms with van der Waals surface area (Å²) in [5, 5.41) is 12.7. The molecule has 2 amide bonds. The third-order valence-electron chi connectivity index (χ3n) is 3.08. The monoisotopic (exact) mass is 257 g/mol. The zero-order valence-electron chi connectivity index (χ0n) is 11.9. The van der Waals surface area contributed by atoms with Gasteiger partial charge in [-0.3, -0.25) is 4.90 Å². The van der Waals surface area contributed by atoms with Gasteiger partial charge < -0.3 is 15.3 Å². The number of unbranched alkanes of at least 4 members (excludes halogenated alkanes) is 1. The highest BCUT2D eigenvalue weighted by Gasteiger charge is 2.24. The predicted octanol–water partition coefficient (Wildman–Crippen LogP) is 0.885. The van der Waals surface area contributed by atoms with E-state index in [0.29, 0.717) is 6.54 Å². The number of carbonyl (C=O) groups is 1. The van der Waals surface area contributed by atoms with Gasteiger partial charge in [-0.15, -0.1) is 0 Å². The molecular weight excluding hydrogens is 230 g/mol. The van der Waals surface area contributed by atoms with Crippen molar-refractivity contribution < 1.29 is 9.90 Å². The second-order valence-electron chi connectivity index (χ2n) is 5.66. The van der Waals surface area contributed by atoms with Gasteiger partial charge in [0.2, 0.25) is 0 Å².